The number of hydrogen-bond donors (Lipinski definition) is 0. The van der Waals surface area contributed by atoms with Crippen LogP contribution in [-0.4, -0.2) is 43.5 Å². The molecule has 1 aliphatic carbocycles. The van der Waals surface area contributed by atoms with Crippen LogP contribution in [0.4, 0.5) is 8.78 Å². The molecular formula is C14H17F2NO2. The lowest BCUT2D eigenvalue weighted by Crippen LogP contribution is -2.35. The van der Waals surface area contributed by atoms with Gasteiger partial charge in [0.25, 0.3) is 0 Å². The van der Waals surface area contributed by atoms with Crippen LogP contribution in [0, 0.1) is 11.6 Å². The van der Waals surface area contributed by atoms with E-state index >= 15 is 0 Å². The Bertz CT molecular complexity index is 461. The summed E-state index contributed by atoms with van der Waals surface area (Å²) in [5.41, 5.74) is -0.0514. The van der Waals surface area contributed by atoms with Crippen molar-refractivity contribution in [3.05, 3.63) is 35.4 Å². The van der Waals surface area contributed by atoms with E-state index in [-0.39, 0.29) is 17.9 Å². The monoisotopic (exact) mass is 269 g/mol. The van der Waals surface area contributed by atoms with Gasteiger partial charge in [-0.2, -0.15) is 0 Å². The van der Waals surface area contributed by atoms with Gasteiger partial charge in [-0.05, 0) is 25.0 Å². The van der Waals surface area contributed by atoms with Crippen LogP contribution in [0.25, 0.3) is 0 Å². The highest BCUT2D eigenvalue weighted by Gasteiger charge is 2.30. The van der Waals surface area contributed by atoms with Crippen molar-refractivity contribution < 1.29 is 18.3 Å². The Balaban J connectivity index is 2.01. The topological polar surface area (TPSA) is 29.5 Å². The standard InChI is InChI=1S/C14H17F2NO2/c1-19-7-6-17(11-3-4-11)9-14(18)12-5-2-10(15)8-13(12)16/h2,5,8,11H,3-4,6-7,9H2,1H3. The van der Waals surface area contributed by atoms with Gasteiger partial charge in [0.05, 0.1) is 18.7 Å². The zero-order chi connectivity index (χ0) is 13.8. The van der Waals surface area contributed by atoms with E-state index in [2.05, 4.69) is 0 Å². The molecule has 0 aliphatic heterocycles. The molecule has 0 bridgehead atoms. The summed E-state index contributed by atoms with van der Waals surface area (Å²) in [6, 6.07) is 3.44. The summed E-state index contributed by atoms with van der Waals surface area (Å²) in [7, 11) is 1.60. The van der Waals surface area contributed by atoms with E-state index in [1.807, 2.05) is 4.90 Å². The molecule has 5 heteroatoms. The number of methoxy groups -OCH3 is 1. The van der Waals surface area contributed by atoms with Gasteiger partial charge in [0.15, 0.2) is 5.78 Å². The van der Waals surface area contributed by atoms with E-state index in [1.54, 1.807) is 7.11 Å². The van der Waals surface area contributed by atoms with Crippen molar-refractivity contribution in [2.75, 3.05) is 26.8 Å². The number of ketones is 1. The SMILES string of the molecule is COCCN(CC(=O)c1ccc(F)cc1F)C1CC1. The second kappa shape index (κ2) is 6.21. The highest BCUT2D eigenvalue weighted by Crippen LogP contribution is 2.26. The summed E-state index contributed by atoms with van der Waals surface area (Å²) in [5.74, 6) is -1.79. The van der Waals surface area contributed by atoms with Gasteiger partial charge in [0.2, 0.25) is 0 Å². The van der Waals surface area contributed by atoms with Crippen LogP contribution in [0.5, 0.6) is 0 Å². The summed E-state index contributed by atoms with van der Waals surface area (Å²) in [6.07, 6.45) is 2.12. The van der Waals surface area contributed by atoms with E-state index in [9.17, 15) is 13.6 Å². The molecule has 0 amide bonds. The summed E-state index contributed by atoms with van der Waals surface area (Å²) in [6.45, 7) is 1.34. The summed E-state index contributed by atoms with van der Waals surface area (Å²) in [5, 5.41) is 0. The number of carbonyl (C=O) groups excluding carboxylic acids is 1. The minimum atomic E-state index is -0.799. The molecule has 0 spiro atoms. The number of ether oxygens (including phenoxy) is 1. The molecule has 0 aromatic heterocycles. The van der Waals surface area contributed by atoms with Crippen LogP contribution < -0.4 is 0 Å². The molecular weight excluding hydrogens is 252 g/mol. The van der Waals surface area contributed by atoms with Crippen molar-refractivity contribution in [3.8, 4) is 0 Å². The smallest absolute Gasteiger partial charge is 0.179 e. The lowest BCUT2D eigenvalue weighted by Gasteiger charge is -2.20. The Morgan fingerprint density at radius 2 is 2.16 bits per heavy atom. The van der Waals surface area contributed by atoms with Crippen molar-refractivity contribution in [3.63, 3.8) is 0 Å². The number of benzene rings is 1. The molecule has 1 aromatic carbocycles. The molecule has 2 rings (SSSR count). The lowest BCUT2D eigenvalue weighted by atomic mass is 10.1. The predicted octanol–water partition coefficient (Wildman–Crippen LogP) is 2.26. The van der Waals surface area contributed by atoms with Crippen molar-refractivity contribution in [1.82, 2.24) is 4.90 Å². The minimum Gasteiger partial charge on any atom is -0.383 e. The quantitative estimate of drug-likeness (QED) is 0.711. The number of rotatable bonds is 7. The van der Waals surface area contributed by atoms with E-state index in [0.29, 0.717) is 19.2 Å². The predicted molar refractivity (Wildman–Crippen MR) is 67.2 cm³/mol. The molecule has 19 heavy (non-hydrogen) atoms. The highest BCUT2D eigenvalue weighted by atomic mass is 19.1. The van der Waals surface area contributed by atoms with Gasteiger partial charge in [0.1, 0.15) is 11.6 Å². The molecule has 1 aliphatic rings. The first-order valence-corrected chi connectivity index (χ1v) is 6.33. The van der Waals surface area contributed by atoms with E-state index in [4.69, 9.17) is 4.74 Å². The molecule has 0 N–H and O–H groups in total. The molecule has 3 nitrogen and oxygen atoms in total. The normalized spacial score (nSPS) is 14.9. The fourth-order valence-corrected chi connectivity index (χ4v) is 2.02. The molecule has 1 aromatic rings. The van der Waals surface area contributed by atoms with Gasteiger partial charge >= 0.3 is 0 Å². The van der Waals surface area contributed by atoms with Crippen molar-refractivity contribution in [2.45, 2.75) is 18.9 Å². The zero-order valence-corrected chi connectivity index (χ0v) is 10.9. The van der Waals surface area contributed by atoms with Crippen molar-refractivity contribution >= 4 is 5.78 Å². The van der Waals surface area contributed by atoms with Crippen LogP contribution in [0.1, 0.15) is 23.2 Å². The molecule has 0 radical (unpaired) electrons. The highest BCUT2D eigenvalue weighted by molar-refractivity contribution is 5.97. The number of nitrogens with zero attached hydrogens (tertiary/aromatic N) is 1. The Labute approximate surface area is 111 Å². The van der Waals surface area contributed by atoms with Crippen LogP contribution in [0.15, 0.2) is 18.2 Å². The third-order valence-electron chi connectivity index (χ3n) is 3.22. The second-order valence-corrected chi connectivity index (χ2v) is 4.74. The maximum Gasteiger partial charge on any atom is 0.179 e. The Morgan fingerprint density at radius 3 is 2.74 bits per heavy atom. The van der Waals surface area contributed by atoms with Gasteiger partial charge < -0.3 is 4.74 Å². The van der Waals surface area contributed by atoms with Crippen molar-refractivity contribution in [1.29, 1.82) is 0 Å². The zero-order valence-electron chi connectivity index (χ0n) is 10.9. The van der Waals surface area contributed by atoms with E-state index in [1.165, 1.54) is 6.07 Å². The lowest BCUT2D eigenvalue weighted by molar-refractivity contribution is 0.0882. The molecule has 1 saturated carbocycles. The molecule has 0 atom stereocenters. The fraction of sp³-hybridized carbons (Fsp3) is 0.500. The Hall–Kier alpha value is -1.33. The first kappa shape index (κ1) is 14.1. The second-order valence-electron chi connectivity index (χ2n) is 4.74. The first-order chi connectivity index (χ1) is 9.11. The van der Waals surface area contributed by atoms with Gasteiger partial charge in [0, 0.05) is 25.8 Å². The fourth-order valence-electron chi connectivity index (χ4n) is 2.02. The molecule has 0 heterocycles. The maximum atomic E-state index is 13.5. The van der Waals surface area contributed by atoms with Gasteiger partial charge in [-0.1, -0.05) is 0 Å². The van der Waals surface area contributed by atoms with Crippen LogP contribution >= 0.6 is 0 Å². The minimum absolute atomic E-state index is 0.0514. The third-order valence-corrected chi connectivity index (χ3v) is 3.22. The number of carbonyl (C=O) groups is 1. The maximum absolute atomic E-state index is 13.5. The van der Waals surface area contributed by atoms with E-state index in [0.717, 1.165) is 25.0 Å². The molecule has 0 saturated heterocycles. The average Bonchev–Trinajstić information content (AvgIpc) is 3.18. The largest absolute Gasteiger partial charge is 0.383 e. The average molecular weight is 269 g/mol. The summed E-state index contributed by atoms with van der Waals surface area (Å²) in [4.78, 5) is 14.0. The van der Waals surface area contributed by atoms with Crippen molar-refractivity contribution in [2.24, 2.45) is 0 Å². The molecule has 1 fully saturated rings. The Kier molecular flexibility index (Phi) is 4.61. The van der Waals surface area contributed by atoms with Gasteiger partial charge in [-0.3, -0.25) is 9.69 Å². The van der Waals surface area contributed by atoms with Gasteiger partial charge in [-0.25, -0.2) is 8.78 Å². The third kappa shape index (κ3) is 3.81. The number of hydrogen-bond acceptors (Lipinski definition) is 3. The number of halogens is 2. The van der Waals surface area contributed by atoms with E-state index < -0.39 is 11.6 Å². The Morgan fingerprint density at radius 1 is 1.42 bits per heavy atom. The first-order valence-electron chi connectivity index (χ1n) is 6.33. The van der Waals surface area contributed by atoms with Crippen LogP contribution in [0.3, 0.4) is 0 Å². The number of Topliss-reactive ketones (excluding diaryl/α,β-unsaturated/α-hetero) is 1. The van der Waals surface area contributed by atoms with Crippen LogP contribution in [-0.2, 0) is 4.74 Å². The molecule has 0 unspecified atom stereocenters. The summed E-state index contributed by atoms with van der Waals surface area (Å²) < 4.78 is 31.3. The summed E-state index contributed by atoms with van der Waals surface area (Å²) >= 11 is 0. The van der Waals surface area contributed by atoms with Crippen LogP contribution in [0.2, 0.25) is 0 Å². The molecule has 104 valence electrons. The van der Waals surface area contributed by atoms with Gasteiger partial charge in [-0.15, -0.1) is 0 Å².